The number of hydrogen-bond acceptors (Lipinski definition) is 4. The zero-order valence-corrected chi connectivity index (χ0v) is 13.6. The molecular formula is C18H21FN2O3. The van der Waals surface area contributed by atoms with Crippen LogP contribution >= 0.6 is 0 Å². The summed E-state index contributed by atoms with van der Waals surface area (Å²) in [7, 11) is 2.08. The number of halogens is 1. The maximum atomic E-state index is 12.8. The number of benzene rings is 1. The van der Waals surface area contributed by atoms with Gasteiger partial charge in [0.1, 0.15) is 23.9 Å². The SMILES string of the molecule is CN1CCC(NC(=O)c2ccc(COc3ccc(F)cc3)o2)CC1. The minimum atomic E-state index is -0.312. The van der Waals surface area contributed by atoms with Gasteiger partial charge in [-0.25, -0.2) is 4.39 Å². The summed E-state index contributed by atoms with van der Waals surface area (Å²) in [5.41, 5.74) is 0. The molecule has 1 aliphatic rings. The number of carbonyl (C=O) groups is 1. The summed E-state index contributed by atoms with van der Waals surface area (Å²) in [5.74, 6) is 0.871. The number of nitrogens with zero attached hydrogens (tertiary/aromatic N) is 1. The number of ether oxygens (including phenoxy) is 1. The van der Waals surface area contributed by atoms with E-state index in [1.165, 1.54) is 12.1 Å². The van der Waals surface area contributed by atoms with Crippen LogP contribution in [0.15, 0.2) is 40.8 Å². The van der Waals surface area contributed by atoms with Crippen LogP contribution in [-0.4, -0.2) is 37.0 Å². The highest BCUT2D eigenvalue weighted by Gasteiger charge is 2.20. The quantitative estimate of drug-likeness (QED) is 0.915. The van der Waals surface area contributed by atoms with Gasteiger partial charge in [-0.2, -0.15) is 0 Å². The molecule has 1 N–H and O–H groups in total. The van der Waals surface area contributed by atoms with Crippen molar-refractivity contribution in [2.24, 2.45) is 0 Å². The second-order valence-electron chi connectivity index (χ2n) is 6.06. The Morgan fingerprint density at radius 2 is 1.96 bits per heavy atom. The van der Waals surface area contributed by atoms with Gasteiger partial charge < -0.3 is 19.4 Å². The number of furan rings is 1. The molecule has 1 amide bonds. The van der Waals surface area contributed by atoms with Gasteiger partial charge in [-0.3, -0.25) is 4.79 Å². The Bertz CT molecular complexity index is 676. The summed E-state index contributed by atoms with van der Waals surface area (Å²) >= 11 is 0. The molecule has 0 bridgehead atoms. The normalized spacial score (nSPS) is 16.1. The smallest absolute Gasteiger partial charge is 0.287 e. The van der Waals surface area contributed by atoms with Crippen LogP contribution in [0, 0.1) is 5.82 Å². The van der Waals surface area contributed by atoms with Gasteiger partial charge in [-0.15, -0.1) is 0 Å². The van der Waals surface area contributed by atoms with Crippen molar-refractivity contribution in [3.8, 4) is 5.75 Å². The Kier molecular flexibility index (Phi) is 5.15. The first kappa shape index (κ1) is 16.5. The minimum absolute atomic E-state index is 0.188. The molecule has 1 aromatic heterocycles. The van der Waals surface area contributed by atoms with Crippen LogP contribution in [0.2, 0.25) is 0 Å². The van der Waals surface area contributed by atoms with E-state index in [1.54, 1.807) is 24.3 Å². The fraction of sp³-hybridized carbons (Fsp3) is 0.389. The lowest BCUT2D eigenvalue weighted by Gasteiger charge is -2.29. The molecule has 0 radical (unpaired) electrons. The van der Waals surface area contributed by atoms with Gasteiger partial charge in [0, 0.05) is 6.04 Å². The van der Waals surface area contributed by atoms with Crippen molar-refractivity contribution in [2.75, 3.05) is 20.1 Å². The number of piperidine rings is 1. The zero-order chi connectivity index (χ0) is 16.9. The summed E-state index contributed by atoms with van der Waals surface area (Å²) in [6.07, 6.45) is 1.90. The molecule has 6 heteroatoms. The fourth-order valence-corrected chi connectivity index (χ4v) is 2.67. The van der Waals surface area contributed by atoms with Crippen LogP contribution in [0.25, 0.3) is 0 Å². The lowest BCUT2D eigenvalue weighted by atomic mass is 10.1. The molecule has 2 heterocycles. The number of amides is 1. The van der Waals surface area contributed by atoms with E-state index >= 15 is 0 Å². The lowest BCUT2D eigenvalue weighted by Crippen LogP contribution is -2.43. The van der Waals surface area contributed by atoms with Gasteiger partial charge in [-0.1, -0.05) is 0 Å². The molecule has 1 aromatic carbocycles. The molecule has 2 aromatic rings. The predicted molar refractivity (Wildman–Crippen MR) is 87.4 cm³/mol. The molecule has 0 unspecified atom stereocenters. The average Bonchev–Trinajstić information content (AvgIpc) is 3.06. The molecule has 5 nitrogen and oxygen atoms in total. The number of likely N-dealkylation sites (tertiary alicyclic amines) is 1. The average molecular weight is 332 g/mol. The van der Waals surface area contributed by atoms with Crippen molar-refractivity contribution in [1.29, 1.82) is 0 Å². The molecule has 0 saturated carbocycles. The Morgan fingerprint density at radius 1 is 1.25 bits per heavy atom. The molecule has 128 valence electrons. The second-order valence-corrected chi connectivity index (χ2v) is 6.06. The van der Waals surface area contributed by atoms with E-state index in [2.05, 4.69) is 17.3 Å². The number of rotatable bonds is 5. The Balaban J connectivity index is 1.51. The van der Waals surface area contributed by atoms with Gasteiger partial charge >= 0.3 is 0 Å². The molecule has 24 heavy (non-hydrogen) atoms. The van der Waals surface area contributed by atoms with Crippen LogP contribution in [-0.2, 0) is 6.61 Å². The van der Waals surface area contributed by atoms with Crippen LogP contribution < -0.4 is 10.1 Å². The summed E-state index contributed by atoms with van der Waals surface area (Å²) in [5, 5.41) is 3.01. The van der Waals surface area contributed by atoms with E-state index in [-0.39, 0.29) is 30.1 Å². The van der Waals surface area contributed by atoms with Gasteiger partial charge in [0.05, 0.1) is 0 Å². The predicted octanol–water partition coefficient (Wildman–Crippen LogP) is 2.82. The van der Waals surface area contributed by atoms with Crippen LogP contribution in [0.3, 0.4) is 0 Å². The molecule has 0 atom stereocenters. The van der Waals surface area contributed by atoms with Crippen molar-refractivity contribution in [2.45, 2.75) is 25.5 Å². The van der Waals surface area contributed by atoms with E-state index in [1.807, 2.05) is 0 Å². The van der Waals surface area contributed by atoms with E-state index in [9.17, 15) is 9.18 Å². The first-order valence-electron chi connectivity index (χ1n) is 8.06. The topological polar surface area (TPSA) is 54.7 Å². The zero-order valence-electron chi connectivity index (χ0n) is 13.6. The highest BCUT2D eigenvalue weighted by atomic mass is 19.1. The van der Waals surface area contributed by atoms with Crippen molar-refractivity contribution in [3.05, 3.63) is 53.7 Å². The lowest BCUT2D eigenvalue weighted by molar-refractivity contribution is 0.0884. The highest BCUT2D eigenvalue weighted by Crippen LogP contribution is 2.16. The fourth-order valence-electron chi connectivity index (χ4n) is 2.67. The molecule has 1 saturated heterocycles. The van der Waals surface area contributed by atoms with Crippen molar-refractivity contribution in [1.82, 2.24) is 10.2 Å². The van der Waals surface area contributed by atoms with E-state index in [0.717, 1.165) is 25.9 Å². The molecule has 1 aliphatic heterocycles. The van der Waals surface area contributed by atoms with E-state index in [4.69, 9.17) is 9.15 Å². The number of nitrogens with one attached hydrogen (secondary N) is 1. The van der Waals surface area contributed by atoms with Gasteiger partial charge in [0.2, 0.25) is 0 Å². The van der Waals surface area contributed by atoms with Gasteiger partial charge in [0.25, 0.3) is 5.91 Å². The monoisotopic (exact) mass is 332 g/mol. The van der Waals surface area contributed by atoms with Crippen LogP contribution in [0.4, 0.5) is 4.39 Å². The van der Waals surface area contributed by atoms with Crippen LogP contribution in [0.5, 0.6) is 5.75 Å². The van der Waals surface area contributed by atoms with Crippen molar-refractivity contribution in [3.63, 3.8) is 0 Å². The number of hydrogen-bond donors (Lipinski definition) is 1. The Hall–Kier alpha value is -2.34. The highest BCUT2D eigenvalue weighted by molar-refractivity contribution is 5.91. The third-order valence-electron chi connectivity index (χ3n) is 4.13. The first-order valence-corrected chi connectivity index (χ1v) is 8.06. The van der Waals surface area contributed by atoms with Crippen molar-refractivity contribution < 1.29 is 18.3 Å². The summed E-state index contributed by atoms with van der Waals surface area (Å²) < 4.78 is 23.9. The third kappa shape index (κ3) is 4.35. The maximum absolute atomic E-state index is 12.8. The molecule has 0 aliphatic carbocycles. The van der Waals surface area contributed by atoms with Crippen molar-refractivity contribution >= 4 is 5.91 Å². The first-order chi connectivity index (χ1) is 11.6. The molecular weight excluding hydrogens is 311 g/mol. The third-order valence-corrected chi connectivity index (χ3v) is 4.13. The van der Waals surface area contributed by atoms with E-state index < -0.39 is 0 Å². The Morgan fingerprint density at radius 3 is 2.67 bits per heavy atom. The second kappa shape index (κ2) is 7.49. The molecule has 1 fully saturated rings. The molecule has 3 rings (SSSR count). The Labute approximate surface area is 140 Å². The summed E-state index contributed by atoms with van der Waals surface area (Å²) in [4.78, 5) is 14.5. The summed E-state index contributed by atoms with van der Waals surface area (Å²) in [6.45, 7) is 2.16. The van der Waals surface area contributed by atoms with Gasteiger partial charge in [-0.05, 0) is 69.4 Å². The minimum Gasteiger partial charge on any atom is -0.486 e. The van der Waals surface area contributed by atoms with Gasteiger partial charge in [0.15, 0.2) is 5.76 Å². The standard InChI is InChI=1S/C18H21FN2O3/c1-21-10-8-14(9-11-21)20-18(22)17-7-6-16(24-17)12-23-15-4-2-13(19)3-5-15/h2-7,14H,8-12H2,1H3,(H,20,22). The maximum Gasteiger partial charge on any atom is 0.287 e. The largest absolute Gasteiger partial charge is 0.486 e. The molecule has 0 spiro atoms. The number of carbonyl (C=O) groups excluding carboxylic acids is 1. The van der Waals surface area contributed by atoms with Crippen LogP contribution in [0.1, 0.15) is 29.2 Å². The van der Waals surface area contributed by atoms with E-state index in [0.29, 0.717) is 11.5 Å². The summed E-state index contributed by atoms with van der Waals surface area (Å²) in [6, 6.07) is 9.31.